The number of rotatable bonds is 5. The SMILES string of the molecule is COc1ccc(N/C=C/C2=[N+](C)c3ccccc3C2(C)C)c(CO)c1. The van der Waals surface area contributed by atoms with Crippen LogP contribution >= 0.6 is 0 Å². The van der Waals surface area contributed by atoms with Crippen LogP contribution in [0.4, 0.5) is 11.4 Å². The minimum Gasteiger partial charge on any atom is -0.497 e. The predicted molar refractivity (Wildman–Crippen MR) is 102 cm³/mol. The first kappa shape index (κ1) is 17.2. The van der Waals surface area contributed by atoms with E-state index in [1.807, 2.05) is 24.4 Å². The Labute approximate surface area is 149 Å². The highest BCUT2D eigenvalue weighted by Crippen LogP contribution is 2.38. The van der Waals surface area contributed by atoms with E-state index in [1.165, 1.54) is 17.0 Å². The number of nitrogens with zero attached hydrogens (tertiary/aromatic N) is 1. The van der Waals surface area contributed by atoms with Crippen molar-refractivity contribution in [2.24, 2.45) is 0 Å². The van der Waals surface area contributed by atoms with Gasteiger partial charge in [0.05, 0.1) is 19.1 Å². The van der Waals surface area contributed by atoms with Gasteiger partial charge in [0.15, 0.2) is 5.71 Å². The van der Waals surface area contributed by atoms with Crippen molar-refractivity contribution in [1.82, 2.24) is 0 Å². The van der Waals surface area contributed by atoms with Crippen LogP contribution < -0.4 is 10.1 Å². The van der Waals surface area contributed by atoms with Gasteiger partial charge in [-0.1, -0.05) is 18.2 Å². The second-order valence-corrected chi connectivity index (χ2v) is 6.75. The number of hydrogen-bond acceptors (Lipinski definition) is 3. The number of aliphatic hydroxyl groups is 1. The van der Waals surface area contributed by atoms with Gasteiger partial charge in [0, 0.05) is 35.2 Å². The molecule has 0 saturated carbocycles. The van der Waals surface area contributed by atoms with Crippen molar-refractivity contribution in [1.29, 1.82) is 0 Å². The Morgan fingerprint density at radius 3 is 2.64 bits per heavy atom. The standard InChI is InChI=1S/C21H24N2O2/c1-21(2)17-7-5-6-8-19(17)23(3)20(21)11-12-22-18-10-9-16(25-4)13-15(18)14-24/h5-13,24H,14H2,1-4H3/p+1. The molecule has 2 N–H and O–H groups in total. The highest BCUT2D eigenvalue weighted by molar-refractivity contribution is 6.03. The Morgan fingerprint density at radius 1 is 1.20 bits per heavy atom. The van der Waals surface area contributed by atoms with Gasteiger partial charge >= 0.3 is 0 Å². The fourth-order valence-corrected chi connectivity index (χ4v) is 3.48. The van der Waals surface area contributed by atoms with Crippen LogP contribution in [0.25, 0.3) is 0 Å². The summed E-state index contributed by atoms with van der Waals surface area (Å²) < 4.78 is 7.44. The molecule has 4 nitrogen and oxygen atoms in total. The minimum atomic E-state index is -0.0523. The molecule has 0 amide bonds. The molecule has 2 aromatic carbocycles. The topological polar surface area (TPSA) is 44.5 Å². The fourth-order valence-electron chi connectivity index (χ4n) is 3.48. The molecular formula is C21H25N2O2+. The summed E-state index contributed by atoms with van der Waals surface area (Å²) >= 11 is 0. The molecule has 2 aromatic rings. The van der Waals surface area contributed by atoms with Gasteiger partial charge in [-0.15, -0.1) is 0 Å². The summed E-state index contributed by atoms with van der Waals surface area (Å²) in [5.41, 5.74) is 5.42. The Hall–Kier alpha value is -2.59. The Bertz CT molecular complexity index is 851. The smallest absolute Gasteiger partial charge is 0.209 e. The largest absolute Gasteiger partial charge is 0.497 e. The van der Waals surface area contributed by atoms with Crippen molar-refractivity contribution in [3.05, 3.63) is 65.9 Å². The van der Waals surface area contributed by atoms with Crippen molar-refractivity contribution in [2.75, 3.05) is 19.5 Å². The molecule has 1 aliphatic heterocycles. The Balaban J connectivity index is 1.85. The van der Waals surface area contributed by atoms with Crippen LogP contribution in [0.5, 0.6) is 5.75 Å². The van der Waals surface area contributed by atoms with Gasteiger partial charge in [-0.2, -0.15) is 4.58 Å². The first-order valence-corrected chi connectivity index (χ1v) is 8.40. The zero-order valence-electron chi connectivity index (χ0n) is 15.2. The lowest BCUT2D eigenvalue weighted by molar-refractivity contribution is -0.401. The lowest BCUT2D eigenvalue weighted by Gasteiger charge is -2.15. The van der Waals surface area contributed by atoms with E-state index in [4.69, 9.17) is 4.74 Å². The zero-order valence-corrected chi connectivity index (χ0v) is 15.2. The first-order chi connectivity index (χ1) is 12.0. The number of nitrogens with one attached hydrogen (secondary N) is 1. The molecule has 3 rings (SSSR count). The van der Waals surface area contributed by atoms with Gasteiger partial charge in [-0.3, -0.25) is 0 Å². The molecule has 0 fully saturated rings. The molecule has 130 valence electrons. The Morgan fingerprint density at radius 2 is 1.96 bits per heavy atom. The van der Waals surface area contributed by atoms with Crippen molar-refractivity contribution in [2.45, 2.75) is 25.9 Å². The molecular weight excluding hydrogens is 312 g/mol. The quantitative estimate of drug-likeness (QED) is 0.815. The molecule has 25 heavy (non-hydrogen) atoms. The second kappa shape index (κ2) is 6.73. The summed E-state index contributed by atoms with van der Waals surface area (Å²) in [6.45, 7) is 4.43. The average Bonchev–Trinajstić information content (AvgIpc) is 2.82. The molecule has 0 unspecified atom stereocenters. The Kier molecular flexibility index (Phi) is 4.64. The van der Waals surface area contributed by atoms with Crippen LogP contribution in [-0.2, 0) is 12.0 Å². The third kappa shape index (κ3) is 3.05. The molecule has 0 radical (unpaired) electrons. The monoisotopic (exact) mass is 337 g/mol. The van der Waals surface area contributed by atoms with Crippen molar-refractivity contribution in [3.8, 4) is 5.75 Å². The van der Waals surface area contributed by atoms with E-state index in [-0.39, 0.29) is 12.0 Å². The number of methoxy groups -OCH3 is 1. The van der Waals surface area contributed by atoms with Crippen molar-refractivity contribution >= 4 is 17.1 Å². The van der Waals surface area contributed by atoms with E-state index in [0.717, 1.165) is 17.0 Å². The number of benzene rings is 2. The number of aliphatic hydroxyl groups excluding tert-OH is 1. The van der Waals surface area contributed by atoms with E-state index < -0.39 is 0 Å². The van der Waals surface area contributed by atoms with Gasteiger partial charge in [-0.05, 0) is 32.0 Å². The lowest BCUT2D eigenvalue weighted by Crippen LogP contribution is -2.26. The highest BCUT2D eigenvalue weighted by Gasteiger charge is 2.42. The number of anilines is 1. The first-order valence-electron chi connectivity index (χ1n) is 8.40. The zero-order chi connectivity index (χ0) is 18.0. The second-order valence-electron chi connectivity index (χ2n) is 6.75. The lowest BCUT2D eigenvalue weighted by atomic mass is 9.81. The molecule has 0 saturated heterocycles. The molecule has 0 spiro atoms. The van der Waals surface area contributed by atoms with Gasteiger partial charge in [-0.25, -0.2) is 0 Å². The molecule has 1 heterocycles. The molecule has 0 bridgehead atoms. The van der Waals surface area contributed by atoms with E-state index >= 15 is 0 Å². The summed E-state index contributed by atoms with van der Waals surface area (Å²) in [6, 6.07) is 14.1. The maximum atomic E-state index is 9.56. The fraction of sp³-hybridized carbons (Fsp3) is 0.286. The van der Waals surface area contributed by atoms with E-state index in [0.29, 0.717) is 0 Å². The normalized spacial score (nSPS) is 15.6. The molecule has 0 aliphatic carbocycles. The molecule has 0 atom stereocenters. The summed E-state index contributed by atoms with van der Waals surface area (Å²) in [6.07, 6.45) is 4.03. The van der Waals surface area contributed by atoms with Gasteiger partial charge in [0.25, 0.3) is 0 Å². The molecule has 0 aromatic heterocycles. The van der Waals surface area contributed by atoms with Crippen LogP contribution in [0.2, 0.25) is 0 Å². The molecule has 4 heteroatoms. The van der Waals surface area contributed by atoms with Crippen LogP contribution in [-0.4, -0.2) is 29.6 Å². The summed E-state index contributed by atoms with van der Waals surface area (Å²) in [5.74, 6) is 0.736. The van der Waals surface area contributed by atoms with E-state index in [2.05, 4.69) is 61.1 Å². The van der Waals surface area contributed by atoms with Crippen LogP contribution in [0, 0.1) is 0 Å². The van der Waals surface area contributed by atoms with Crippen LogP contribution in [0.3, 0.4) is 0 Å². The molecule has 1 aliphatic rings. The van der Waals surface area contributed by atoms with E-state index in [9.17, 15) is 5.11 Å². The number of para-hydroxylation sites is 1. The number of allylic oxidation sites excluding steroid dienone is 1. The van der Waals surface area contributed by atoms with Gasteiger partial charge in [0.2, 0.25) is 5.69 Å². The minimum absolute atomic E-state index is 0.0409. The van der Waals surface area contributed by atoms with Crippen molar-refractivity contribution < 1.29 is 14.4 Å². The predicted octanol–water partition coefficient (Wildman–Crippen LogP) is 3.82. The van der Waals surface area contributed by atoms with Gasteiger partial charge in [0.1, 0.15) is 12.8 Å². The van der Waals surface area contributed by atoms with E-state index in [1.54, 1.807) is 7.11 Å². The number of hydrogen-bond donors (Lipinski definition) is 2. The van der Waals surface area contributed by atoms with Gasteiger partial charge < -0.3 is 15.2 Å². The highest BCUT2D eigenvalue weighted by atomic mass is 16.5. The summed E-state index contributed by atoms with van der Waals surface area (Å²) in [4.78, 5) is 0. The number of ether oxygens (including phenoxy) is 1. The van der Waals surface area contributed by atoms with Crippen LogP contribution in [0.15, 0.2) is 54.7 Å². The average molecular weight is 337 g/mol. The van der Waals surface area contributed by atoms with Crippen molar-refractivity contribution in [3.63, 3.8) is 0 Å². The summed E-state index contributed by atoms with van der Waals surface area (Å²) in [5, 5.41) is 12.8. The maximum absolute atomic E-state index is 9.56. The third-order valence-corrected chi connectivity index (χ3v) is 4.90. The van der Waals surface area contributed by atoms with Crippen LogP contribution in [0.1, 0.15) is 25.0 Å². The third-order valence-electron chi connectivity index (χ3n) is 4.90. The number of fused-ring (bicyclic) bond motifs is 1. The summed E-state index contributed by atoms with van der Waals surface area (Å²) in [7, 11) is 3.72. The maximum Gasteiger partial charge on any atom is 0.209 e.